The van der Waals surface area contributed by atoms with Crippen LogP contribution in [0.4, 0.5) is 0 Å². The highest BCUT2D eigenvalue weighted by Gasteiger charge is 2.22. The molecule has 0 N–H and O–H groups in total. The smallest absolute Gasteiger partial charge is 0.208 e. The molecule has 0 atom stereocenters. The molecule has 0 fully saturated rings. The second-order valence-electron chi connectivity index (χ2n) is 5.04. The third kappa shape index (κ3) is 2.66. The number of nitrogens with zero attached hydrogens (tertiary/aromatic N) is 2. The van der Waals surface area contributed by atoms with Crippen LogP contribution in [-0.2, 0) is 0 Å². The van der Waals surface area contributed by atoms with E-state index in [0.717, 1.165) is 24.8 Å². The van der Waals surface area contributed by atoms with Gasteiger partial charge in [-0.2, -0.15) is 5.10 Å². The molecule has 0 bridgehead atoms. The number of rotatable bonds is 3. The van der Waals surface area contributed by atoms with E-state index in [0.29, 0.717) is 10.7 Å². The molecule has 1 aliphatic carbocycles. The van der Waals surface area contributed by atoms with Crippen LogP contribution in [-0.4, -0.2) is 15.6 Å². The zero-order valence-corrected chi connectivity index (χ0v) is 11.7. The lowest BCUT2D eigenvalue weighted by atomic mass is 10.0. The van der Waals surface area contributed by atoms with Crippen LogP contribution in [0.15, 0.2) is 17.8 Å². The number of carbonyl (C=O) groups excluding carboxylic acids is 1. The van der Waals surface area contributed by atoms with Crippen molar-refractivity contribution in [2.24, 2.45) is 0 Å². The minimum atomic E-state index is 0.0492. The number of carbonyl (C=O) groups is 1. The van der Waals surface area contributed by atoms with Gasteiger partial charge in [0.25, 0.3) is 0 Å². The molecule has 3 nitrogen and oxygen atoms in total. The molecule has 4 heteroatoms. The van der Waals surface area contributed by atoms with Crippen LogP contribution in [0.3, 0.4) is 0 Å². The van der Waals surface area contributed by atoms with Gasteiger partial charge in [-0.25, -0.2) is 0 Å². The summed E-state index contributed by atoms with van der Waals surface area (Å²) in [5.41, 5.74) is 1.44. The van der Waals surface area contributed by atoms with Gasteiger partial charge in [-0.05, 0) is 45.1 Å². The highest BCUT2D eigenvalue weighted by atomic mass is 35.5. The van der Waals surface area contributed by atoms with Gasteiger partial charge in [0.15, 0.2) is 0 Å². The molecule has 0 unspecified atom stereocenters. The molecular formula is C14H19ClN2O. The summed E-state index contributed by atoms with van der Waals surface area (Å²) < 4.78 is 1.72. The fourth-order valence-corrected chi connectivity index (χ4v) is 2.53. The minimum Gasteiger partial charge on any atom is -0.287 e. The van der Waals surface area contributed by atoms with Gasteiger partial charge in [-0.1, -0.05) is 24.1 Å². The standard InChI is InChI=1S/C14H19ClN2O/c1-10(2)17-13(12(15)9-16-17)14(18)11-7-5-3-4-6-8-11/h7,9-10H,3-6,8H2,1-2H3. The Hall–Kier alpha value is -1.09. The summed E-state index contributed by atoms with van der Waals surface area (Å²) in [6.07, 6.45) is 8.95. The average Bonchev–Trinajstić information content (AvgIpc) is 2.56. The van der Waals surface area contributed by atoms with Crippen LogP contribution in [0.5, 0.6) is 0 Å². The molecule has 1 heterocycles. The molecule has 0 spiro atoms. The Kier molecular flexibility index (Phi) is 4.23. The van der Waals surface area contributed by atoms with Crippen LogP contribution in [0, 0.1) is 0 Å². The predicted octanol–water partition coefficient (Wildman–Crippen LogP) is 4.19. The Morgan fingerprint density at radius 1 is 1.39 bits per heavy atom. The summed E-state index contributed by atoms with van der Waals surface area (Å²) in [6, 6.07) is 0.142. The van der Waals surface area contributed by atoms with Crippen molar-refractivity contribution in [3.63, 3.8) is 0 Å². The molecule has 0 saturated carbocycles. The maximum atomic E-state index is 12.5. The summed E-state index contributed by atoms with van der Waals surface area (Å²) in [7, 11) is 0. The molecule has 1 aromatic rings. The van der Waals surface area contributed by atoms with Crippen LogP contribution in [0.25, 0.3) is 0 Å². The first kappa shape index (κ1) is 13.3. The lowest BCUT2D eigenvalue weighted by molar-refractivity contribution is 0.101. The summed E-state index contributed by atoms with van der Waals surface area (Å²) in [5, 5.41) is 4.65. The average molecular weight is 267 g/mol. The minimum absolute atomic E-state index is 0.0492. The lowest BCUT2D eigenvalue weighted by Crippen LogP contribution is -2.14. The molecule has 2 rings (SSSR count). The normalized spacial score (nSPS) is 16.6. The number of allylic oxidation sites excluding steroid dienone is 2. The monoisotopic (exact) mass is 266 g/mol. The quantitative estimate of drug-likeness (QED) is 0.769. The third-order valence-corrected chi connectivity index (χ3v) is 3.56. The van der Waals surface area contributed by atoms with Crippen molar-refractivity contribution in [1.29, 1.82) is 0 Å². The van der Waals surface area contributed by atoms with E-state index in [4.69, 9.17) is 11.6 Å². The second-order valence-corrected chi connectivity index (χ2v) is 5.44. The number of halogens is 1. The number of hydrogen-bond acceptors (Lipinski definition) is 2. The van der Waals surface area contributed by atoms with Crippen molar-refractivity contribution >= 4 is 17.4 Å². The van der Waals surface area contributed by atoms with Crippen LogP contribution >= 0.6 is 11.6 Å². The fourth-order valence-electron chi connectivity index (χ4n) is 2.32. The largest absolute Gasteiger partial charge is 0.287 e. The highest BCUT2D eigenvalue weighted by Crippen LogP contribution is 2.26. The molecule has 0 radical (unpaired) electrons. The van der Waals surface area contributed by atoms with Crippen molar-refractivity contribution in [3.8, 4) is 0 Å². The Morgan fingerprint density at radius 2 is 2.17 bits per heavy atom. The first-order valence-corrected chi connectivity index (χ1v) is 6.95. The number of aromatic nitrogens is 2. The lowest BCUT2D eigenvalue weighted by Gasteiger charge is -2.11. The van der Waals surface area contributed by atoms with E-state index in [1.165, 1.54) is 12.8 Å². The third-order valence-electron chi connectivity index (χ3n) is 3.29. The first-order valence-electron chi connectivity index (χ1n) is 6.58. The summed E-state index contributed by atoms with van der Waals surface area (Å²) in [6.45, 7) is 4.00. The van der Waals surface area contributed by atoms with Gasteiger partial charge in [-0.15, -0.1) is 0 Å². The highest BCUT2D eigenvalue weighted by molar-refractivity contribution is 6.34. The number of ketones is 1. The summed E-state index contributed by atoms with van der Waals surface area (Å²) in [4.78, 5) is 12.5. The van der Waals surface area contributed by atoms with Gasteiger partial charge >= 0.3 is 0 Å². The van der Waals surface area contributed by atoms with Gasteiger partial charge < -0.3 is 0 Å². The molecule has 0 amide bonds. The van der Waals surface area contributed by atoms with Gasteiger partial charge in [0, 0.05) is 6.04 Å². The van der Waals surface area contributed by atoms with Crippen molar-refractivity contribution in [1.82, 2.24) is 9.78 Å². The Bertz CT molecular complexity index is 474. The van der Waals surface area contributed by atoms with Crippen LogP contribution < -0.4 is 0 Å². The van der Waals surface area contributed by atoms with Crippen LogP contribution in [0.2, 0.25) is 5.02 Å². The predicted molar refractivity (Wildman–Crippen MR) is 73.1 cm³/mol. The molecule has 18 heavy (non-hydrogen) atoms. The van der Waals surface area contributed by atoms with Gasteiger partial charge in [0.05, 0.1) is 11.2 Å². The van der Waals surface area contributed by atoms with Gasteiger partial charge in [0.2, 0.25) is 5.78 Å². The van der Waals surface area contributed by atoms with Crippen LogP contribution in [0.1, 0.15) is 62.5 Å². The fraction of sp³-hybridized carbons (Fsp3) is 0.571. The van der Waals surface area contributed by atoms with Crippen molar-refractivity contribution in [2.45, 2.75) is 52.0 Å². The van der Waals surface area contributed by atoms with E-state index in [1.54, 1.807) is 10.9 Å². The topological polar surface area (TPSA) is 34.9 Å². The van der Waals surface area contributed by atoms with E-state index >= 15 is 0 Å². The molecule has 0 saturated heterocycles. The van der Waals surface area contributed by atoms with E-state index < -0.39 is 0 Å². The summed E-state index contributed by atoms with van der Waals surface area (Å²) >= 11 is 6.11. The SMILES string of the molecule is CC(C)n1ncc(Cl)c1C(=O)C1=CCCCCC1. The molecule has 1 aromatic heterocycles. The van der Waals surface area contributed by atoms with E-state index in [1.807, 2.05) is 13.8 Å². The maximum Gasteiger partial charge on any atom is 0.208 e. The Labute approximate surface area is 113 Å². The second kappa shape index (κ2) is 5.70. The zero-order chi connectivity index (χ0) is 13.1. The molecule has 98 valence electrons. The molecular weight excluding hydrogens is 248 g/mol. The summed E-state index contributed by atoms with van der Waals surface area (Å²) in [5.74, 6) is 0.0492. The molecule has 1 aliphatic rings. The molecule has 0 aromatic carbocycles. The maximum absolute atomic E-state index is 12.5. The Balaban J connectivity index is 2.33. The van der Waals surface area contributed by atoms with Gasteiger partial charge in [-0.3, -0.25) is 9.48 Å². The number of Topliss-reactive ketones (excluding diaryl/α,β-unsaturated/α-hetero) is 1. The number of hydrogen-bond donors (Lipinski definition) is 0. The van der Waals surface area contributed by atoms with Crippen molar-refractivity contribution in [2.75, 3.05) is 0 Å². The Morgan fingerprint density at radius 3 is 2.89 bits per heavy atom. The van der Waals surface area contributed by atoms with E-state index in [-0.39, 0.29) is 11.8 Å². The van der Waals surface area contributed by atoms with Crippen molar-refractivity contribution < 1.29 is 4.79 Å². The van der Waals surface area contributed by atoms with E-state index in [2.05, 4.69) is 11.2 Å². The zero-order valence-electron chi connectivity index (χ0n) is 10.9. The first-order chi connectivity index (χ1) is 8.61. The van der Waals surface area contributed by atoms with Gasteiger partial charge in [0.1, 0.15) is 5.69 Å². The van der Waals surface area contributed by atoms with Crippen molar-refractivity contribution in [3.05, 3.63) is 28.6 Å². The molecule has 0 aliphatic heterocycles. The van der Waals surface area contributed by atoms with E-state index in [9.17, 15) is 4.79 Å².